The number of nitrogens with zero attached hydrogens (tertiary/aromatic N) is 4. The summed E-state index contributed by atoms with van der Waals surface area (Å²) in [5.41, 5.74) is 2.39. The molecule has 3 aromatic rings. The van der Waals surface area contributed by atoms with Crippen molar-refractivity contribution in [3.63, 3.8) is 0 Å². The first-order valence-corrected chi connectivity index (χ1v) is 11.8. The topological polar surface area (TPSA) is 118 Å². The van der Waals surface area contributed by atoms with Gasteiger partial charge in [-0.3, -0.25) is 9.78 Å². The van der Waals surface area contributed by atoms with Gasteiger partial charge in [-0.2, -0.15) is 13.2 Å². The molecule has 2 fully saturated rings. The molecule has 1 aliphatic heterocycles. The molecule has 0 unspecified atom stereocenters. The van der Waals surface area contributed by atoms with E-state index in [9.17, 15) is 18.0 Å². The summed E-state index contributed by atoms with van der Waals surface area (Å²) in [6, 6.07) is 9.81. The SMILES string of the molecule is CC(=O)c1ccc(OC2CCN(c3nc4cnccc4nc3NC3CC3)CC2)cc1.O=C(O)C(F)(F)F. The van der Waals surface area contributed by atoms with Crippen molar-refractivity contribution in [2.24, 2.45) is 0 Å². The second-order valence-electron chi connectivity index (χ2n) is 8.87. The molecule has 0 radical (unpaired) electrons. The third kappa shape index (κ3) is 7.05. The van der Waals surface area contributed by atoms with Crippen LogP contribution in [-0.2, 0) is 4.79 Å². The second-order valence-corrected chi connectivity index (χ2v) is 8.87. The zero-order chi connectivity index (χ0) is 26.6. The van der Waals surface area contributed by atoms with Crippen molar-refractivity contribution < 1.29 is 32.6 Å². The third-order valence-corrected chi connectivity index (χ3v) is 5.91. The molecule has 2 aliphatic rings. The maximum Gasteiger partial charge on any atom is 0.490 e. The van der Waals surface area contributed by atoms with Crippen LogP contribution >= 0.6 is 0 Å². The van der Waals surface area contributed by atoms with E-state index in [2.05, 4.69) is 15.2 Å². The molecule has 2 aromatic heterocycles. The lowest BCUT2D eigenvalue weighted by Gasteiger charge is -2.33. The number of piperidine rings is 1. The molecule has 1 aliphatic carbocycles. The van der Waals surface area contributed by atoms with E-state index in [1.54, 1.807) is 19.3 Å². The molecule has 12 heteroatoms. The molecule has 196 valence electrons. The van der Waals surface area contributed by atoms with Crippen molar-refractivity contribution in [3.8, 4) is 5.75 Å². The maximum absolute atomic E-state index is 11.4. The quantitative estimate of drug-likeness (QED) is 0.456. The van der Waals surface area contributed by atoms with Crippen molar-refractivity contribution in [2.75, 3.05) is 23.3 Å². The molecule has 37 heavy (non-hydrogen) atoms. The number of halogens is 3. The van der Waals surface area contributed by atoms with E-state index in [4.69, 9.17) is 24.6 Å². The number of carboxylic acids is 1. The van der Waals surface area contributed by atoms with E-state index in [1.165, 1.54) is 12.8 Å². The van der Waals surface area contributed by atoms with Gasteiger partial charge in [-0.15, -0.1) is 0 Å². The summed E-state index contributed by atoms with van der Waals surface area (Å²) in [6.45, 7) is 3.29. The highest BCUT2D eigenvalue weighted by Crippen LogP contribution is 2.32. The first-order chi connectivity index (χ1) is 17.6. The summed E-state index contributed by atoms with van der Waals surface area (Å²) < 4.78 is 37.9. The number of hydrogen-bond acceptors (Lipinski definition) is 8. The predicted molar refractivity (Wildman–Crippen MR) is 130 cm³/mol. The number of carbonyl (C=O) groups is 2. The highest BCUT2D eigenvalue weighted by molar-refractivity contribution is 5.94. The molecule has 0 atom stereocenters. The van der Waals surface area contributed by atoms with Crippen molar-refractivity contribution in [1.82, 2.24) is 15.0 Å². The number of rotatable bonds is 6. The molecule has 0 spiro atoms. The molecule has 0 bridgehead atoms. The van der Waals surface area contributed by atoms with Gasteiger partial charge in [-0.05, 0) is 50.1 Å². The number of carbonyl (C=O) groups excluding carboxylic acids is 1. The first-order valence-electron chi connectivity index (χ1n) is 11.8. The van der Waals surface area contributed by atoms with Gasteiger partial charge >= 0.3 is 12.1 Å². The zero-order valence-corrected chi connectivity index (χ0v) is 20.0. The largest absolute Gasteiger partial charge is 0.490 e. The van der Waals surface area contributed by atoms with E-state index >= 15 is 0 Å². The third-order valence-electron chi connectivity index (χ3n) is 5.91. The number of ether oxygens (including phenoxy) is 1. The number of anilines is 2. The van der Waals surface area contributed by atoms with Gasteiger partial charge in [0.2, 0.25) is 0 Å². The van der Waals surface area contributed by atoms with Crippen molar-refractivity contribution in [1.29, 1.82) is 0 Å². The Labute approximate surface area is 210 Å². The van der Waals surface area contributed by atoms with Gasteiger partial charge in [0.25, 0.3) is 0 Å². The molecule has 3 heterocycles. The standard InChI is InChI=1S/C23H25N5O2.C2HF3O2/c1-15(29)16-2-6-18(7-3-16)30-19-9-12-28(13-10-19)23-22(25-17-4-5-17)26-20-8-11-24-14-21(20)27-23;3-2(4,5)1(6)7/h2-3,6-8,11,14,17,19H,4-5,9-10,12-13H2,1H3,(H,25,26);(H,6,7). The Kier molecular flexibility index (Phi) is 7.74. The van der Waals surface area contributed by atoms with E-state index in [-0.39, 0.29) is 11.9 Å². The summed E-state index contributed by atoms with van der Waals surface area (Å²) in [4.78, 5) is 36.5. The number of aromatic nitrogens is 3. The molecule has 9 nitrogen and oxygen atoms in total. The van der Waals surface area contributed by atoms with Crippen LogP contribution in [0.15, 0.2) is 42.7 Å². The van der Waals surface area contributed by atoms with E-state index < -0.39 is 12.1 Å². The van der Waals surface area contributed by atoms with Crippen LogP contribution in [0.2, 0.25) is 0 Å². The number of aliphatic carboxylic acids is 1. The lowest BCUT2D eigenvalue weighted by Crippen LogP contribution is -2.39. The normalized spacial score (nSPS) is 16.1. The number of hydrogen-bond donors (Lipinski definition) is 2. The fourth-order valence-electron chi connectivity index (χ4n) is 3.78. The van der Waals surface area contributed by atoms with E-state index in [0.29, 0.717) is 11.6 Å². The van der Waals surface area contributed by atoms with Crippen LogP contribution in [0.1, 0.15) is 43.0 Å². The summed E-state index contributed by atoms with van der Waals surface area (Å²) in [5, 5.41) is 10.7. The van der Waals surface area contributed by atoms with Gasteiger partial charge < -0.3 is 20.1 Å². The molecule has 5 rings (SSSR count). The fourth-order valence-corrected chi connectivity index (χ4v) is 3.78. The first kappa shape index (κ1) is 26.1. The lowest BCUT2D eigenvalue weighted by molar-refractivity contribution is -0.192. The average molecular weight is 518 g/mol. The summed E-state index contributed by atoms with van der Waals surface area (Å²) in [7, 11) is 0. The highest BCUT2D eigenvalue weighted by atomic mass is 19.4. The van der Waals surface area contributed by atoms with Crippen LogP contribution in [0.25, 0.3) is 11.0 Å². The monoisotopic (exact) mass is 517 g/mol. The molecule has 2 N–H and O–H groups in total. The number of ketones is 1. The Bertz CT molecular complexity index is 1260. The zero-order valence-electron chi connectivity index (χ0n) is 20.0. The number of fused-ring (bicyclic) bond motifs is 1. The van der Waals surface area contributed by atoms with Crippen LogP contribution in [0.5, 0.6) is 5.75 Å². The number of Topliss-reactive ketones (excluding diaryl/α,β-unsaturated/α-hetero) is 1. The summed E-state index contributed by atoms with van der Waals surface area (Å²) in [5.74, 6) is -0.0992. The molecular weight excluding hydrogens is 491 g/mol. The Balaban J connectivity index is 0.000000405. The Morgan fingerprint density at radius 3 is 2.24 bits per heavy atom. The van der Waals surface area contributed by atoms with Gasteiger partial charge in [-0.25, -0.2) is 14.8 Å². The van der Waals surface area contributed by atoms with Crippen molar-refractivity contribution >= 4 is 34.4 Å². The average Bonchev–Trinajstić information content (AvgIpc) is 3.68. The van der Waals surface area contributed by atoms with Crippen LogP contribution in [-0.4, -0.2) is 63.2 Å². The van der Waals surface area contributed by atoms with Crippen molar-refractivity contribution in [2.45, 2.75) is 50.9 Å². The van der Waals surface area contributed by atoms with Gasteiger partial charge in [0, 0.05) is 43.7 Å². The number of pyridine rings is 1. The van der Waals surface area contributed by atoms with Gasteiger partial charge in [0.15, 0.2) is 17.4 Å². The van der Waals surface area contributed by atoms with E-state index in [0.717, 1.165) is 54.3 Å². The molecule has 1 aromatic carbocycles. The second kappa shape index (κ2) is 11.0. The molecule has 1 saturated heterocycles. The fraction of sp³-hybridized carbons (Fsp3) is 0.400. The Hall–Kier alpha value is -3.96. The van der Waals surface area contributed by atoms with Crippen molar-refractivity contribution in [3.05, 3.63) is 48.3 Å². The van der Waals surface area contributed by atoms with E-state index in [1.807, 2.05) is 30.3 Å². The minimum Gasteiger partial charge on any atom is -0.490 e. The number of carboxylic acid groups (broad SMARTS) is 1. The summed E-state index contributed by atoms with van der Waals surface area (Å²) in [6.07, 6.45) is 2.78. The minimum atomic E-state index is -5.08. The van der Waals surface area contributed by atoms with Gasteiger partial charge in [-0.1, -0.05) is 0 Å². The summed E-state index contributed by atoms with van der Waals surface area (Å²) >= 11 is 0. The van der Waals surface area contributed by atoms with Gasteiger partial charge in [0.05, 0.1) is 11.7 Å². The Morgan fingerprint density at radius 1 is 1.03 bits per heavy atom. The highest BCUT2D eigenvalue weighted by Gasteiger charge is 2.38. The lowest BCUT2D eigenvalue weighted by atomic mass is 10.1. The Morgan fingerprint density at radius 2 is 1.68 bits per heavy atom. The van der Waals surface area contributed by atoms with Crippen LogP contribution < -0.4 is 15.0 Å². The number of nitrogens with one attached hydrogen (secondary N) is 1. The molecular formula is C25H26F3N5O4. The van der Waals surface area contributed by atoms with Crippen LogP contribution in [0.4, 0.5) is 24.8 Å². The number of benzene rings is 1. The predicted octanol–water partition coefficient (Wildman–Crippen LogP) is 4.48. The van der Waals surface area contributed by atoms with Crippen LogP contribution in [0, 0.1) is 0 Å². The van der Waals surface area contributed by atoms with Gasteiger partial charge in [0.1, 0.15) is 17.4 Å². The maximum atomic E-state index is 11.4. The van der Waals surface area contributed by atoms with Crippen LogP contribution in [0.3, 0.4) is 0 Å². The molecule has 0 amide bonds. The smallest absolute Gasteiger partial charge is 0.490 e. The number of alkyl halides is 3. The minimum absolute atomic E-state index is 0.0668. The molecule has 1 saturated carbocycles.